The monoisotopic (exact) mass is 245 g/mol. The van der Waals surface area contributed by atoms with E-state index in [4.69, 9.17) is 0 Å². The van der Waals surface area contributed by atoms with Gasteiger partial charge in [0, 0.05) is 12.1 Å². The summed E-state index contributed by atoms with van der Waals surface area (Å²) in [6, 6.07) is 5.82. The molecule has 1 fully saturated rings. The number of rotatable bonds is 2. The van der Waals surface area contributed by atoms with E-state index in [0.717, 1.165) is 29.5 Å². The van der Waals surface area contributed by atoms with Gasteiger partial charge in [-0.15, -0.1) is 0 Å². The van der Waals surface area contributed by atoms with Gasteiger partial charge in [-0.2, -0.15) is 0 Å². The van der Waals surface area contributed by atoms with Crippen molar-refractivity contribution < 1.29 is 9.90 Å². The number of amides is 1. The van der Waals surface area contributed by atoms with Gasteiger partial charge in [0.15, 0.2) is 0 Å². The van der Waals surface area contributed by atoms with Crippen molar-refractivity contribution in [3.63, 3.8) is 0 Å². The minimum atomic E-state index is -0.444. The van der Waals surface area contributed by atoms with E-state index >= 15 is 0 Å². The summed E-state index contributed by atoms with van der Waals surface area (Å²) in [5, 5.41) is 13.2. The van der Waals surface area contributed by atoms with E-state index in [9.17, 15) is 9.90 Å². The van der Waals surface area contributed by atoms with Gasteiger partial charge in [-0.05, 0) is 41.4 Å². The van der Waals surface area contributed by atoms with Crippen LogP contribution < -0.4 is 5.32 Å². The molecule has 2 atom stereocenters. The first kappa shape index (κ1) is 11.7. The van der Waals surface area contributed by atoms with Crippen LogP contribution in [0.15, 0.2) is 18.2 Å². The van der Waals surface area contributed by atoms with E-state index in [0.29, 0.717) is 12.5 Å². The minimum Gasteiger partial charge on any atom is -0.388 e. The van der Waals surface area contributed by atoms with Crippen molar-refractivity contribution in [1.82, 2.24) is 5.32 Å². The lowest BCUT2D eigenvalue weighted by molar-refractivity contribution is 0.0945. The average Bonchev–Trinajstić information content (AvgIpc) is 2.98. The third-order valence-electron chi connectivity index (χ3n) is 4.37. The van der Waals surface area contributed by atoms with Gasteiger partial charge in [-0.1, -0.05) is 26.0 Å². The molecular formula is C15H19NO2. The number of hydrogen-bond donors (Lipinski definition) is 2. The number of nitrogens with one attached hydrogen (secondary N) is 1. The van der Waals surface area contributed by atoms with Crippen molar-refractivity contribution in [1.29, 1.82) is 0 Å². The molecule has 1 saturated carbocycles. The van der Waals surface area contributed by atoms with Gasteiger partial charge in [-0.3, -0.25) is 4.79 Å². The molecule has 1 aromatic rings. The first-order valence-electron chi connectivity index (χ1n) is 6.58. The Hall–Kier alpha value is -1.35. The summed E-state index contributed by atoms with van der Waals surface area (Å²) in [6.07, 6.45) is 1.49. The molecule has 2 N–H and O–H groups in total. The Morgan fingerprint density at radius 2 is 2.17 bits per heavy atom. The first-order chi connectivity index (χ1) is 8.49. The summed E-state index contributed by atoms with van der Waals surface area (Å²) >= 11 is 0. The molecule has 0 spiro atoms. The zero-order valence-corrected chi connectivity index (χ0v) is 10.9. The van der Waals surface area contributed by atoms with Crippen LogP contribution in [-0.4, -0.2) is 17.6 Å². The van der Waals surface area contributed by atoms with Crippen molar-refractivity contribution >= 4 is 5.91 Å². The molecule has 1 aliphatic heterocycles. The molecule has 3 rings (SSSR count). The van der Waals surface area contributed by atoms with Crippen LogP contribution in [0.25, 0.3) is 0 Å². The number of carbonyl (C=O) groups excluding carboxylic acids is 1. The number of hydrogen-bond acceptors (Lipinski definition) is 2. The van der Waals surface area contributed by atoms with Crippen LogP contribution in [0.3, 0.4) is 0 Å². The van der Waals surface area contributed by atoms with E-state index in [1.165, 1.54) is 0 Å². The molecule has 2 unspecified atom stereocenters. The van der Waals surface area contributed by atoms with Gasteiger partial charge >= 0.3 is 0 Å². The quantitative estimate of drug-likeness (QED) is 0.838. The second-order valence-electron chi connectivity index (χ2n) is 6.17. The molecule has 1 amide bonds. The molecule has 3 nitrogen and oxygen atoms in total. The first-order valence-corrected chi connectivity index (χ1v) is 6.58. The highest BCUT2D eigenvalue weighted by Gasteiger charge is 2.50. The Bertz CT molecular complexity index is 507. The average molecular weight is 245 g/mol. The molecule has 0 aromatic heterocycles. The van der Waals surface area contributed by atoms with Crippen molar-refractivity contribution in [2.45, 2.75) is 32.8 Å². The maximum absolute atomic E-state index is 11.8. The van der Waals surface area contributed by atoms with Gasteiger partial charge in [0.25, 0.3) is 5.91 Å². The summed E-state index contributed by atoms with van der Waals surface area (Å²) < 4.78 is 0. The maximum Gasteiger partial charge on any atom is 0.251 e. The highest BCUT2D eigenvalue weighted by molar-refractivity contribution is 5.96. The molecule has 1 aliphatic carbocycles. The van der Waals surface area contributed by atoms with Gasteiger partial charge in [0.1, 0.15) is 0 Å². The highest BCUT2D eigenvalue weighted by Crippen LogP contribution is 2.57. The Morgan fingerprint density at radius 3 is 2.83 bits per heavy atom. The van der Waals surface area contributed by atoms with Crippen LogP contribution in [0.1, 0.15) is 47.9 Å². The Balaban J connectivity index is 1.90. The lowest BCUT2D eigenvalue weighted by atomic mass is 9.93. The van der Waals surface area contributed by atoms with E-state index in [1.54, 1.807) is 0 Å². The van der Waals surface area contributed by atoms with Gasteiger partial charge in [0.2, 0.25) is 0 Å². The lowest BCUT2D eigenvalue weighted by Gasteiger charge is -2.19. The summed E-state index contributed by atoms with van der Waals surface area (Å²) in [5.74, 6) is 0.308. The fourth-order valence-electron chi connectivity index (χ4n) is 2.89. The zero-order chi connectivity index (χ0) is 12.9. The smallest absolute Gasteiger partial charge is 0.251 e. The van der Waals surface area contributed by atoms with Crippen LogP contribution in [-0.2, 0) is 6.42 Å². The minimum absolute atomic E-state index is 0.0136. The second kappa shape index (κ2) is 3.82. The van der Waals surface area contributed by atoms with E-state index in [1.807, 2.05) is 18.2 Å². The fourth-order valence-corrected chi connectivity index (χ4v) is 2.89. The van der Waals surface area contributed by atoms with Crippen LogP contribution >= 0.6 is 0 Å². The zero-order valence-electron chi connectivity index (χ0n) is 10.9. The molecule has 1 aromatic carbocycles. The van der Waals surface area contributed by atoms with Gasteiger partial charge in [-0.25, -0.2) is 0 Å². The summed E-state index contributed by atoms with van der Waals surface area (Å²) in [7, 11) is 0. The number of aliphatic hydroxyl groups is 1. The van der Waals surface area contributed by atoms with E-state index in [2.05, 4.69) is 19.2 Å². The molecule has 96 valence electrons. The Morgan fingerprint density at radius 1 is 1.44 bits per heavy atom. The van der Waals surface area contributed by atoms with Crippen LogP contribution in [0, 0.1) is 11.3 Å². The maximum atomic E-state index is 11.8. The SMILES string of the molecule is CC1(C)CC1C(O)c1ccc2c(c1)C(=O)NCC2. The number of benzene rings is 1. The predicted molar refractivity (Wildman–Crippen MR) is 69.3 cm³/mol. The van der Waals surface area contributed by atoms with Crippen LogP contribution in [0.5, 0.6) is 0 Å². The fraction of sp³-hybridized carbons (Fsp3) is 0.533. The standard InChI is InChI=1S/C15H19NO2/c1-15(2)8-12(15)13(17)10-4-3-9-5-6-16-14(18)11(9)7-10/h3-4,7,12-13,17H,5-6,8H2,1-2H3,(H,16,18). The summed E-state index contributed by atoms with van der Waals surface area (Å²) in [5.41, 5.74) is 2.93. The van der Waals surface area contributed by atoms with Crippen molar-refractivity contribution in [2.24, 2.45) is 11.3 Å². The number of fused-ring (bicyclic) bond motifs is 1. The molecule has 3 heteroatoms. The highest BCUT2D eigenvalue weighted by atomic mass is 16.3. The van der Waals surface area contributed by atoms with Crippen molar-refractivity contribution in [3.05, 3.63) is 34.9 Å². The normalized spacial score (nSPS) is 26.2. The summed E-state index contributed by atoms with van der Waals surface area (Å²) in [4.78, 5) is 11.8. The second-order valence-corrected chi connectivity index (χ2v) is 6.17. The van der Waals surface area contributed by atoms with Crippen molar-refractivity contribution in [2.75, 3.05) is 6.54 Å². The van der Waals surface area contributed by atoms with Gasteiger partial charge < -0.3 is 10.4 Å². The third kappa shape index (κ3) is 1.83. The largest absolute Gasteiger partial charge is 0.388 e. The summed E-state index contributed by atoms with van der Waals surface area (Å²) in [6.45, 7) is 5.06. The Kier molecular flexibility index (Phi) is 2.49. The Labute approximate surface area is 107 Å². The molecule has 18 heavy (non-hydrogen) atoms. The molecule has 1 heterocycles. The van der Waals surface area contributed by atoms with E-state index in [-0.39, 0.29) is 11.3 Å². The third-order valence-corrected chi connectivity index (χ3v) is 4.37. The predicted octanol–water partition coefficient (Wildman–Crippen LogP) is 2.05. The van der Waals surface area contributed by atoms with Gasteiger partial charge in [0.05, 0.1) is 6.10 Å². The van der Waals surface area contributed by atoms with Crippen LogP contribution in [0.4, 0.5) is 0 Å². The van der Waals surface area contributed by atoms with Crippen molar-refractivity contribution in [3.8, 4) is 0 Å². The lowest BCUT2D eigenvalue weighted by Crippen LogP contribution is -2.32. The molecule has 0 bridgehead atoms. The molecular weight excluding hydrogens is 226 g/mol. The molecule has 2 aliphatic rings. The number of aliphatic hydroxyl groups excluding tert-OH is 1. The molecule has 0 saturated heterocycles. The van der Waals surface area contributed by atoms with Crippen LogP contribution in [0.2, 0.25) is 0 Å². The topological polar surface area (TPSA) is 49.3 Å². The molecule has 0 radical (unpaired) electrons. The number of carbonyl (C=O) groups is 1. The van der Waals surface area contributed by atoms with E-state index < -0.39 is 6.10 Å².